The standard InChI is InChI=1S/C17H26N6O2/c1-10-11(2)19-20-15(10)16(24)18-13-8-6-5-7-12(13)9-14-21-23(4)17(25)22(14)3/h12-13H,5-9H2,1-4H3,(H,18,24)(H,19,20)/t12-,13-/m1/s1. The highest BCUT2D eigenvalue weighted by Crippen LogP contribution is 2.27. The Bertz CT molecular complexity index is 831. The molecule has 25 heavy (non-hydrogen) atoms. The molecule has 8 nitrogen and oxygen atoms in total. The summed E-state index contributed by atoms with van der Waals surface area (Å²) in [5.74, 6) is 0.914. The van der Waals surface area contributed by atoms with Gasteiger partial charge in [0, 0.05) is 37.8 Å². The van der Waals surface area contributed by atoms with Crippen LogP contribution in [0.3, 0.4) is 0 Å². The van der Waals surface area contributed by atoms with Crippen LogP contribution in [0.25, 0.3) is 0 Å². The van der Waals surface area contributed by atoms with E-state index in [4.69, 9.17) is 0 Å². The fourth-order valence-corrected chi connectivity index (χ4v) is 3.61. The second kappa shape index (κ2) is 6.85. The lowest BCUT2D eigenvalue weighted by atomic mass is 9.82. The van der Waals surface area contributed by atoms with E-state index in [1.165, 1.54) is 4.68 Å². The van der Waals surface area contributed by atoms with Crippen LogP contribution in [-0.2, 0) is 20.5 Å². The van der Waals surface area contributed by atoms with Crippen molar-refractivity contribution < 1.29 is 4.79 Å². The Morgan fingerprint density at radius 2 is 2.00 bits per heavy atom. The molecule has 1 saturated carbocycles. The summed E-state index contributed by atoms with van der Waals surface area (Å²) in [5, 5.41) is 14.5. The number of nitrogens with zero attached hydrogens (tertiary/aromatic N) is 4. The third kappa shape index (κ3) is 3.38. The van der Waals surface area contributed by atoms with Crippen LogP contribution in [0.15, 0.2) is 4.79 Å². The van der Waals surface area contributed by atoms with E-state index in [0.29, 0.717) is 12.1 Å². The summed E-state index contributed by atoms with van der Waals surface area (Å²) in [5.41, 5.74) is 2.15. The number of aryl methyl sites for hydroxylation is 2. The second-order valence-electron chi connectivity index (χ2n) is 7.03. The highest BCUT2D eigenvalue weighted by Gasteiger charge is 2.29. The fraction of sp³-hybridized carbons (Fsp3) is 0.647. The lowest BCUT2D eigenvalue weighted by Crippen LogP contribution is -2.43. The predicted molar refractivity (Wildman–Crippen MR) is 93.4 cm³/mol. The summed E-state index contributed by atoms with van der Waals surface area (Å²) >= 11 is 0. The zero-order valence-corrected chi connectivity index (χ0v) is 15.3. The van der Waals surface area contributed by atoms with Gasteiger partial charge in [-0.3, -0.25) is 14.5 Å². The molecule has 136 valence electrons. The van der Waals surface area contributed by atoms with Crippen molar-refractivity contribution in [1.82, 2.24) is 29.9 Å². The molecule has 2 N–H and O–H groups in total. The van der Waals surface area contributed by atoms with Gasteiger partial charge in [0.05, 0.1) is 0 Å². The largest absolute Gasteiger partial charge is 0.348 e. The van der Waals surface area contributed by atoms with Gasteiger partial charge in [-0.15, -0.1) is 0 Å². The molecule has 2 aromatic rings. The monoisotopic (exact) mass is 346 g/mol. The Labute approximate surface area is 146 Å². The molecular formula is C17H26N6O2. The Morgan fingerprint density at radius 1 is 1.28 bits per heavy atom. The number of nitrogens with one attached hydrogen (secondary N) is 2. The van der Waals surface area contributed by atoms with E-state index in [-0.39, 0.29) is 23.6 Å². The molecule has 1 fully saturated rings. The number of carbonyl (C=O) groups is 1. The number of hydrogen-bond donors (Lipinski definition) is 2. The maximum absolute atomic E-state index is 12.6. The summed E-state index contributed by atoms with van der Waals surface area (Å²) in [7, 11) is 3.41. The molecule has 0 bridgehead atoms. The van der Waals surface area contributed by atoms with Gasteiger partial charge in [-0.1, -0.05) is 12.8 Å². The predicted octanol–water partition coefficient (Wildman–Crippen LogP) is 0.990. The van der Waals surface area contributed by atoms with E-state index >= 15 is 0 Å². The van der Waals surface area contributed by atoms with Crippen LogP contribution in [0.2, 0.25) is 0 Å². The summed E-state index contributed by atoms with van der Waals surface area (Å²) in [4.78, 5) is 24.5. The van der Waals surface area contributed by atoms with Gasteiger partial charge in [-0.2, -0.15) is 10.2 Å². The third-order valence-electron chi connectivity index (χ3n) is 5.35. The van der Waals surface area contributed by atoms with Crippen LogP contribution >= 0.6 is 0 Å². The first-order valence-electron chi connectivity index (χ1n) is 8.79. The van der Waals surface area contributed by atoms with Crippen molar-refractivity contribution in [3.63, 3.8) is 0 Å². The first-order valence-corrected chi connectivity index (χ1v) is 8.79. The van der Waals surface area contributed by atoms with E-state index in [0.717, 1.165) is 42.8 Å². The highest BCUT2D eigenvalue weighted by atomic mass is 16.2. The van der Waals surface area contributed by atoms with Crippen molar-refractivity contribution in [2.45, 2.75) is 52.0 Å². The molecule has 2 atom stereocenters. The van der Waals surface area contributed by atoms with Gasteiger partial charge in [-0.05, 0) is 32.6 Å². The van der Waals surface area contributed by atoms with Gasteiger partial charge in [0.25, 0.3) is 5.91 Å². The number of aromatic amines is 1. The molecular weight excluding hydrogens is 320 g/mol. The molecule has 1 amide bonds. The summed E-state index contributed by atoms with van der Waals surface area (Å²) < 4.78 is 2.95. The Hall–Kier alpha value is -2.38. The van der Waals surface area contributed by atoms with Crippen molar-refractivity contribution in [2.24, 2.45) is 20.0 Å². The molecule has 0 saturated heterocycles. The molecule has 2 heterocycles. The van der Waals surface area contributed by atoms with Crippen molar-refractivity contribution in [1.29, 1.82) is 0 Å². The van der Waals surface area contributed by atoms with Crippen LogP contribution in [0.1, 0.15) is 53.3 Å². The summed E-state index contributed by atoms with van der Waals surface area (Å²) in [6.45, 7) is 3.81. The molecule has 2 aromatic heterocycles. The minimum Gasteiger partial charge on any atom is -0.348 e. The first-order chi connectivity index (χ1) is 11.9. The Kier molecular flexibility index (Phi) is 4.78. The zero-order valence-electron chi connectivity index (χ0n) is 15.3. The Morgan fingerprint density at radius 3 is 2.60 bits per heavy atom. The average Bonchev–Trinajstić information content (AvgIpc) is 3.04. The maximum Gasteiger partial charge on any atom is 0.345 e. The molecule has 0 unspecified atom stereocenters. The van der Waals surface area contributed by atoms with Gasteiger partial charge < -0.3 is 5.32 Å². The minimum atomic E-state index is -0.131. The van der Waals surface area contributed by atoms with Gasteiger partial charge in [0.1, 0.15) is 5.82 Å². The van der Waals surface area contributed by atoms with Crippen LogP contribution in [0.5, 0.6) is 0 Å². The normalized spacial score (nSPS) is 20.6. The summed E-state index contributed by atoms with van der Waals surface area (Å²) in [6.07, 6.45) is 4.89. The molecule has 1 aliphatic rings. The first kappa shape index (κ1) is 17.4. The highest BCUT2D eigenvalue weighted by molar-refractivity contribution is 5.94. The fourth-order valence-electron chi connectivity index (χ4n) is 3.61. The number of carbonyl (C=O) groups excluding carboxylic acids is 1. The minimum absolute atomic E-state index is 0.0785. The maximum atomic E-state index is 12.6. The van der Waals surface area contributed by atoms with Gasteiger partial charge in [0.15, 0.2) is 5.69 Å². The number of amides is 1. The van der Waals surface area contributed by atoms with E-state index < -0.39 is 0 Å². The second-order valence-corrected chi connectivity index (χ2v) is 7.03. The van der Waals surface area contributed by atoms with E-state index in [9.17, 15) is 9.59 Å². The SMILES string of the molecule is Cc1[nH]nc(C(=O)N[C@@H]2CCCC[C@@H]2Cc2nn(C)c(=O)n2C)c1C. The van der Waals surface area contributed by atoms with Crippen LogP contribution in [0, 0.1) is 19.8 Å². The molecule has 1 aliphatic carbocycles. The molecule has 0 radical (unpaired) electrons. The molecule has 0 spiro atoms. The summed E-state index contributed by atoms with van der Waals surface area (Å²) in [6, 6.07) is 0.0785. The molecule has 8 heteroatoms. The van der Waals surface area contributed by atoms with Gasteiger partial charge >= 0.3 is 5.69 Å². The van der Waals surface area contributed by atoms with Crippen LogP contribution in [0.4, 0.5) is 0 Å². The molecule has 0 aromatic carbocycles. The van der Waals surface area contributed by atoms with Crippen LogP contribution < -0.4 is 11.0 Å². The van der Waals surface area contributed by atoms with Crippen molar-refractivity contribution in [3.8, 4) is 0 Å². The third-order valence-corrected chi connectivity index (χ3v) is 5.35. The van der Waals surface area contributed by atoms with Crippen molar-refractivity contribution >= 4 is 5.91 Å². The Balaban J connectivity index is 1.74. The van der Waals surface area contributed by atoms with Crippen molar-refractivity contribution in [3.05, 3.63) is 33.3 Å². The number of H-pyrrole nitrogens is 1. The van der Waals surface area contributed by atoms with E-state index in [1.807, 2.05) is 13.8 Å². The number of rotatable bonds is 4. The molecule has 0 aliphatic heterocycles. The zero-order chi connectivity index (χ0) is 18.1. The topological polar surface area (TPSA) is 97.6 Å². The number of aromatic nitrogens is 5. The quantitative estimate of drug-likeness (QED) is 0.862. The number of hydrogen-bond acceptors (Lipinski definition) is 4. The van der Waals surface area contributed by atoms with Crippen molar-refractivity contribution in [2.75, 3.05) is 0 Å². The van der Waals surface area contributed by atoms with Crippen LogP contribution in [-0.4, -0.2) is 36.5 Å². The molecule has 3 rings (SSSR count). The van der Waals surface area contributed by atoms with Gasteiger partial charge in [-0.25, -0.2) is 9.48 Å². The smallest absolute Gasteiger partial charge is 0.345 e. The van der Waals surface area contributed by atoms with E-state index in [2.05, 4.69) is 20.6 Å². The van der Waals surface area contributed by atoms with E-state index in [1.54, 1.807) is 18.7 Å². The lowest BCUT2D eigenvalue weighted by Gasteiger charge is -2.31. The lowest BCUT2D eigenvalue weighted by molar-refractivity contribution is 0.0899. The van der Waals surface area contributed by atoms with Gasteiger partial charge in [0.2, 0.25) is 0 Å². The average molecular weight is 346 g/mol.